The van der Waals surface area contributed by atoms with Crippen LogP contribution in [0.15, 0.2) is 53.1 Å². The summed E-state index contributed by atoms with van der Waals surface area (Å²) in [6, 6.07) is 7.74. The Morgan fingerprint density at radius 1 is 1.23 bits per heavy atom. The number of benzene rings is 1. The molecule has 1 fully saturated rings. The third-order valence-corrected chi connectivity index (χ3v) is 8.86. The monoisotopic (exact) mass is 537 g/mol. The molecule has 0 aliphatic heterocycles. The maximum Gasteiger partial charge on any atom is 0.334 e. The van der Waals surface area contributed by atoms with Crippen molar-refractivity contribution in [2.45, 2.75) is 84.6 Å². The van der Waals surface area contributed by atoms with Crippen molar-refractivity contribution in [3.63, 3.8) is 0 Å². The predicted octanol–water partition coefficient (Wildman–Crippen LogP) is 6.81. The first-order chi connectivity index (χ1) is 19.2. The number of aromatic nitrogens is 2. The Bertz CT molecular complexity index is 1510. The number of hydrogen-bond acceptors (Lipinski definition) is 3. The van der Waals surface area contributed by atoms with Gasteiger partial charge in [0, 0.05) is 17.1 Å². The van der Waals surface area contributed by atoms with Gasteiger partial charge in [-0.05, 0) is 91.3 Å². The highest BCUT2D eigenvalue weighted by Crippen LogP contribution is 2.57. The number of carbonyl (C=O) groups excluding carboxylic acids is 1. The number of nitrogens with one attached hydrogen (secondary N) is 1. The normalized spacial score (nSPS) is 23.7. The van der Waals surface area contributed by atoms with E-state index in [0.717, 1.165) is 72.2 Å². The zero-order chi connectivity index (χ0) is 28.8. The number of carboxylic acids is 1. The Morgan fingerprint density at radius 2 is 2.00 bits per heavy atom. The van der Waals surface area contributed by atoms with Gasteiger partial charge in [0.2, 0.25) is 0 Å². The number of aliphatic carboxylic acids is 1. The highest BCUT2D eigenvalue weighted by molar-refractivity contribution is 6.02. The van der Waals surface area contributed by atoms with E-state index in [1.807, 2.05) is 35.0 Å². The second kappa shape index (κ2) is 10.6. The smallest absolute Gasteiger partial charge is 0.334 e. The van der Waals surface area contributed by atoms with Gasteiger partial charge in [-0.1, -0.05) is 58.3 Å². The largest absolute Gasteiger partial charge is 0.479 e. The quantitative estimate of drug-likeness (QED) is 0.286. The third-order valence-electron chi connectivity index (χ3n) is 8.86. The predicted molar refractivity (Wildman–Crippen MR) is 158 cm³/mol. The standard InChI is InChI=1S/C34H39N3O3/c1-7-22-14-16-29(25(18-22)20(4)5)37-30(31-23(8-2)11-10-12-24(31)9-3)19-28(36-37)32(38)35-34(33(39)40)26-15-13-21(6)17-27(26)34/h1,11,14-16,18-21,27H,8-10,12-13,17H2,2-6H3,(H,35,38)(H,39,40). The number of amides is 1. The first-order valence-electron chi connectivity index (χ1n) is 14.5. The van der Waals surface area contributed by atoms with Crippen LogP contribution < -0.4 is 5.32 Å². The number of carboxylic acid groups (broad SMARTS) is 1. The van der Waals surface area contributed by atoms with Crippen LogP contribution in [0.5, 0.6) is 0 Å². The molecule has 5 rings (SSSR count). The molecule has 1 amide bonds. The summed E-state index contributed by atoms with van der Waals surface area (Å²) in [4.78, 5) is 26.3. The maximum absolute atomic E-state index is 13.8. The Labute approximate surface area is 237 Å². The SMILES string of the molecule is C#Cc1ccc(-n2nc(C(=O)NC3(C(=O)O)C4=CCC(C)CC43)cc2C2=C(CC)CCC=C2CC)c(C(C)C)c1. The molecule has 1 aromatic carbocycles. The molecule has 2 N–H and O–H groups in total. The topological polar surface area (TPSA) is 84.2 Å². The second-order valence-corrected chi connectivity index (χ2v) is 11.7. The van der Waals surface area contributed by atoms with E-state index < -0.39 is 17.4 Å². The van der Waals surface area contributed by atoms with E-state index in [1.54, 1.807) is 0 Å². The molecule has 6 nitrogen and oxygen atoms in total. The number of carbonyl (C=O) groups is 2. The van der Waals surface area contributed by atoms with Crippen LogP contribution in [0.1, 0.15) is 106 Å². The van der Waals surface area contributed by atoms with Crippen molar-refractivity contribution in [2.24, 2.45) is 11.8 Å². The lowest BCUT2D eigenvalue weighted by molar-refractivity contribution is -0.140. The van der Waals surface area contributed by atoms with Crippen LogP contribution in [-0.4, -0.2) is 32.3 Å². The fourth-order valence-electron chi connectivity index (χ4n) is 6.63. The summed E-state index contributed by atoms with van der Waals surface area (Å²) in [5, 5.41) is 18.0. The van der Waals surface area contributed by atoms with Gasteiger partial charge in [-0.25, -0.2) is 9.48 Å². The van der Waals surface area contributed by atoms with Crippen LogP contribution >= 0.6 is 0 Å². The minimum atomic E-state index is -1.34. The number of terminal acetylenes is 1. The molecule has 0 bridgehead atoms. The Kier molecular flexibility index (Phi) is 7.35. The van der Waals surface area contributed by atoms with E-state index in [-0.39, 0.29) is 17.5 Å². The summed E-state index contributed by atoms with van der Waals surface area (Å²) in [6.07, 6.45) is 15.3. The first-order valence-corrected chi connectivity index (χ1v) is 14.5. The third kappa shape index (κ3) is 4.52. The van der Waals surface area contributed by atoms with Crippen LogP contribution in [0.2, 0.25) is 0 Å². The van der Waals surface area contributed by atoms with Crippen molar-refractivity contribution in [2.75, 3.05) is 0 Å². The van der Waals surface area contributed by atoms with Gasteiger partial charge in [0.15, 0.2) is 11.2 Å². The molecule has 1 aromatic heterocycles. The fourth-order valence-corrected chi connectivity index (χ4v) is 6.63. The van der Waals surface area contributed by atoms with Crippen LogP contribution in [0.3, 0.4) is 0 Å². The van der Waals surface area contributed by atoms with Crippen molar-refractivity contribution in [3.05, 3.63) is 75.7 Å². The van der Waals surface area contributed by atoms with E-state index in [1.165, 1.54) is 11.1 Å². The van der Waals surface area contributed by atoms with Crippen molar-refractivity contribution >= 4 is 17.4 Å². The van der Waals surface area contributed by atoms with Crippen molar-refractivity contribution in [3.8, 4) is 18.0 Å². The molecule has 6 heteroatoms. The lowest BCUT2D eigenvalue weighted by Crippen LogP contribution is -2.45. The molecular formula is C34H39N3O3. The van der Waals surface area contributed by atoms with Gasteiger partial charge in [0.25, 0.3) is 5.91 Å². The van der Waals surface area contributed by atoms with E-state index in [9.17, 15) is 14.7 Å². The van der Waals surface area contributed by atoms with E-state index in [4.69, 9.17) is 11.5 Å². The van der Waals surface area contributed by atoms with Crippen molar-refractivity contribution in [1.29, 1.82) is 0 Å². The van der Waals surface area contributed by atoms with Crippen molar-refractivity contribution < 1.29 is 14.7 Å². The molecule has 3 aliphatic rings. The van der Waals surface area contributed by atoms with Gasteiger partial charge in [-0.3, -0.25) is 4.79 Å². The summed E-state index contributed by atoms with van der Waals surface area (Å²) in [5.41, 5.74) is 6.99. The van der Waals surface area contributed by atoms with Gasteiger partial charge >= 0.3 is 5.97 Å². The molecule has 208 valence electrons. The molecular weight excluding hydrogens is 498 g/mol. The lowest BCUT2D eigenvalue weighted by Gasteiger charge is -2.23. The fraction of sp³-hybridized carbons (Fsp3) is 0.441. The minimum absolute atomic E-state index is 0.162. The zero-order valence-corrected chi connectivity index (χ0v) is 24.2. The Hall–Kier alpha value is -3.85. The average molecular weight is 538 g/mol. The molecule has 0 radical (unpaired) electrons. The highest BCUT2D eigenvalue weighted by atomic mass is 16.4. The Morgan fingerprint density at radius 3 is 2.62 bits per heavy atom. The summed E-state index contributed by atoms with van der Waals surface area (Å²) >= 11 is 0. The van der Waals surface area contributed by atoms with Crippen LogP contribution in [0.4, 0.5) is 0 Å². The first kappa shape index (κ1) is 27.7. The molecule has 40 heavy (non-hydrogen) atoms. The van der Waals surface area contributed by atoms with Gasteiger partial charge in [-0.15, -0.1) is 6.42 Å². The molecule has 1 saturated carbocycles. The molecule has 3 aliphatic carbocycles. The number of allylic oxidation sites excluding steroid dienone is 5. The number of rotatable bonds is 8. The van der Waals surface area contributed by atoms with Gasteiger partial charge in [0.05, 0.1) is 11.4 Å². The zero-order valence-electron chi connectivity index (χ0n) is 24.2. The van der Waals surface area contributed by atoms with E-state index in [0.29, 0.717) is 5.92 Å². The van der Waals surface area contributed by atoms with E-state index in [2.05, 4.69) is 51.9 Å². The van der Waals surface area contributed by atoms with Crippen LogP contribution in [0.25, 0.3) is 11.3 Å². The summed E-state index contributed by atoms with van der Waals surface area (Å²) in [5.74, 6) is 1.67. The molecule has 2 aromatic rings. The number of hydrogen-bond donors (Lipinski definition) is 2. The van der Waals surface area contributed by atoms with Gasteiger partial charge in [-0.2, -0.15) is 5.10 Å². The summed E-state index contributed by atoms with van der Waals surface area (Å²) in [7, 11) is 0. The second-order valence-electron chi connectivity index (χ2n) is 11.7. The number of nitrogens with zero attached hydrogens (tertiary/aromatic N) is 2. The van der Waals surface area contributed by atoms with Gasteiger partial charge < -0.3 is 10.4 Å². The van der Waals surface area contributed by atoms with Crippen LogP contribution in [-0.2, 0) is 4.79 Å². The highest BCUT2D eigenvalue weighted by Gasteiger charge is 2.67. The minimum Gasteiger partial charge on any atom is -0.479 e. The summed E-state index contributed by atoms with van der Waals surface area (Å²) in [6.45, 7) is 10.7. The summed E-state index contributed by atoms with van der Waals surface area (Å²) < 4.78 is 1.87. The van der Waals surface area contributed by atoms with Crippen LogP contribution in [0, 0.1) is 24.2 Å². The molecule has 0 spiro atoms. The molecule has 3 atom stereocenters. The van der Waals surface area contributed by atoms with Gasteiger partial charge in [0.1, 0.15) is 0 Å². The maximum atomic E-state index is 13.8. The van der Waals surface area contributed by atoms with E-state index >= 15 is 0 Å². The van der Waals surface area contributed by atoms with Crippen molar-refractivity contribution in [1.82, 2.24) is 15.1 Å². The molecule has 0 saturated heterocycles. The average Bonchev–Trinajstić information content (AvgIpc) is 3.35. The Balaban J connectivity index is 1.65. The molecule has 3 unspecified atom stereocenters. The lowest BCUT2D eigenvalue weighted by atomic mass is 9.86. The molecule has 1 heterocycles. The number of fused-ring (bicyclic) bond motifs is 1.